The first kappa shape index (κ1) is 27.4. The number of methoxy groups -OCH3 is 2. The highest BCUT2D eigenvalue weighted by molar-refractivity contribution is 5.98. The Kier molecular flexibility index (Phi) is 9.66. The summed E-state index contributed by atoms with van der Waals surface area (Å²) in [5, 5.41) is 3.06. The largest absolute Gasteiger partial charge is 0.493 e. The Morgan fingerprint density at radius 3 is 2.36 bits per heavy atom. The van der Waals surface area contributed by atoms with Crippen LogP contribution in [0.15, 0.2) is 42.7 Å². The molecule has 2 amide bonds. The van der Waals surface area contributed by atoms with E-state index in [1.54, 1.807) is 54.7 Å². The van der Waals surface area contributed by atoms with Gasteiger partial charge in [-0.25, -0.2) is 0 Å². The molecule has 1 aliphatic rings. The van der Waals surface area contributed by atoms with Crippen molar-refractivity contribution in [1.29, 1.82) is 0 Å². The number of benzene rings is 1. The average molecular weight is 499 g/mol. The first-order valence-electron chi connectivity index (χ1n) is 12.3. The first-order chi connectivity index (χ1) is 17.2. The zero-order chi connectivity index (χ0) is 26.1. The zero-order valence-electron chi connectivity index (χ0n) is 22.0. The van der Waals surface area contributed by atoms with Crippen molar-refractivity contribution in [2.75, 3.05) is 53.6 Å². The predicted molar refractivity (Wildman–Crippen MR) is 137 cm³/mol. The second-order valence-electron chi connectivity index (χ2n) is 9.80. The van der Waals surface area contributed by atoms with Gasteiger partial charge in [-0.15, -0.1) is 0 Å². The lowest BCUT2D eigenvalue weighted by Gasteiger charge is -2.34. The lowest BCUT2D eigenvalue weighted by atomic mass is 10.0. The van der Waals surface area contributed by atoms with Gasteiger partial charge in [-0.05, 0) is 63.1 Å². The Morgan fingerprint density at radius 2 is 1.75 bits per heavy atom. The van der Waals surface area contributed by atoms with E-state index >= 15 is 0 Å². The number of nitrogens with zero attached hydrogens (tertiary/aromatic N) is 3. The van der Waals surface area contributed by atoms with E-state index in [-0.39, 0.29) is 11.8 Å². The van der Waals surface area contributed by atoms with Gasteiger partial charge in [0, 0.05) is 49.7 Å². The van der Waals surface area contributed by atoms with Gasteiger partial charge >= 0.3 is 0 Å². The van der Waals surface area contributed by atoms with Gasteiger partial charge in [0.15, 0.2) is 11.5 Å². The number of nitrogens with one attached hydrogen (secondary N) is 1. The number of pyridine rings is 1. The maximum Gasteiger partial charge on any atom is 0.254 e. The number of aromatic nitrogens is 1. The van der Waals surface area contributed by atoms with Crippen molar-refractivity contribution in [2.45, 2.75) is 38.8 Å². The summed E-state index contributed by atoms with van der Waals surface area (Å²) in [6, 6.07) is 7.80. The number of rotatable bonds is 10. The minimum atomic E-state index is -0.822. The van der Waals surface area contributed by atoms with Gasteiger partial charge in [0.05, 0.1) is 27.4 Å². The number of amides is 2. The number of ether oxygens (including phenoxy) is 3. The van der Waals surface area contributed by atoms with E-state index < -0.39 is 11.6 Å². The van der Waals surface area contributed by atoms with Gasteiger partial charge in [-0.2, -0.15) is 0 Å². The predicted octanol–water partition coefficient (Wildman–Crippen LogP) is 2.92. The number of hydrogen-bond donors (Lipinski definition) is 1. The Bertz CT molecular complexity index is 1000. The molecule has 0 saturated carbocycles. The molecule has 0 spiro atoms. The van der Waals surface area contributed by atoms with Crippen LogP contribution in [-0.2, 0) is 9.53 Å². The minimum Gasteiger partial charge on any atom is -0.493 e. The molecule has 0 radical (unpaired) electrons. The van der Waals surface area contributed by atoms with E-state index in [0.717, 1.165) is 19.6 Å². The normalized spacial score (nSPS) is 15.1. The van der Waals surface area contributed by atoms with E-state index in [9.17, 15) is 9.59 Å². The molecule has 2 aromatic rings. The summed E-state index contributed by atoms with van der Waals surface area (Å²) in [6.45, 7) is 10.1. The molecule has 9 heteroatoms. The second-order valence-corrected chi connectivity index (χ2v) is 9.80. The number of carbonyl (C=O) groups is 2. The van der Waals surface area contributed by atoms with Crippen LogP contribution in [0.2, 0.25) is 0 Å². The average Bonchev–Trinajstić information content (AvgIpc) is 2.87. The molecule has 1 aromatic heterocycles. The van der Waals surface area contributed by atoms with E-state index in [1.165, 1.54) is 7.11 Å². The molecule has 1 atom stereocenters. The van der Waals surface area contributed by atoms with Crippen molar-refractivity contribution >= 4 is 11.8 Å². The van der Waals surface area contributed by atoms with Crippen molar-refractivity contribution in [1.82, 2.24) is 20.1 Å². The van der Waals surface area contributed by atoms with Crippen LogP contribution in [-0.4, -0.2) is 85.7 Å². The summed E-state index contributed by atoms with van der Waals surface area (Å²) in [7, 11) is 3.08. The maximum absolute atomic E-state index is 14.0. The van der Waals surface area contributed by atoms with Crippen molar-refractivity contribution < 1.29 is 23.8 Å². The highest BCUT2D eigenvalue weighted by Crippen LogP contribution is 2.30. The van der Waals surface area contributed by atoms with Crippen LogP contribution in [0.3, 0.4) is 0 Å². The molecule has 36 heavy (non-hydrogen) atoms. The summed E-state index contributed by atoms with van der Waals surface area (Å²) in [5.74, 6) is 0.484. The van der Waals surface area contributed by atoms with Crippen LogP contribution in [0.4, 0.5) is 0 Å². The van der Waals surface area contributed by atoms with E-state index in [2.05, 4.69) is 15.2 Å². The molecule has 0 aliphatic carbocycles. The van der Waals surface area contributed by atoms with E-state index in [0.29, 0.717) is 48.8 Å². The van der Waals surface area contributed by atoms with E-state index in [1.807, 2.05) is 20.8 Å². The standard InChI is InChI=1S/C27H38N4O5/c1-27(2,3)29-25(32)24(20-9-11-28-12-10-20)31(14-6-13-30-15-17-36-18-16-30)26(33)21-7-8-22(34-4)23(19-21)35-5/h7-12,19,24H,6,13-18H2,1-5H3,(H,29,32). The van der Waals surface area contributed by atoms with Crippen LogP contribution < -0.4 is 14.8 Å². The van der Waals surface area contributed by atoms with E-state index in [4.69, 9.17) is 14.2 Å². The Balaban J connectivity index is 1.96. The molecule has 0 bridgehead atoms. The summed E-state index contributed by atoms with van der Waals surface area (Å²) in [6.07, 6.45) is 3.99. The summed E-state index contributed by atoms with van der Waals surface area (Å²) >= 11 is 0. The highest BCUT2D eigenvalue weighted by atomic mass is 16.5. The van der Waals surface area contributed by atoms with Gasteiger partial charge < -0.3 is 24.4 Å². The van der Waals surface area contributed by atoms with Crippen molar-refractivity contribution in [3.05, 3.63) is 53.9 Å². The van der Waals surface area contributed by atoms with Crippen LogP contribution in [0, 0.1) is 0 Å². The highest BCUT2D eigenvalue weighted by Gasteiger charge is 2.34. The van der Waals surface area contributed by atoms with Crippen molar-refractivity contribution in [2.24, 2.45) is 0 Å². The molecule has 3 rings (SSSR count). The van der Waals surface area contributed by atoms with Gasteiger partial charge in [-0.1, -0.05) is 0 Å². The third-order valence-electron chi connectivity index (χ3n) is 5.95. The molecule has 1 aliphatic heterocycles. The smallest absolute Gasteiger partial charge is 0.254 e. The van der Waals surface area contributed by atoms with Crippen LogP contribution in [0.25, 0.3) is 0 Å². The molecule has 1 fully saturated rings. The third-order valence-corrected chi connectivity index (χ3v) is 5.95. The summed E-state index contributed by atoms with van der Waals surface area (Å²) < 4.78 is 16.2. The number of hydrogen-bond acceptors (Lipinski definition) is 7. The molecular weight excluding hydrogens is 460 g/mol. The fourth-order valence-corrected chi connectivity index (χ4v) is 4.23. The van der Waals surface area contributed by atoms with Gasteiger partial charge in [0.2, 0.25) is 5.91 Å². The lowest BCUT2D eigenvalue weighted by molar-refractivity contribution is -0.127. The Labute approximate surface area is 213 Å². The number of morpholine rings is 1. The molecule has 9 nitrogen and oxygen atoms in total. The molecule has 1 N–H and O–H groups in total. The summed E-state index contributed by atoms with van der Waals surface area (Å²) in [5.41, 5.74) is 0.655. The van der Waals surface area contributed by atoms with Gasteiger partial charge in [0.1, 0.15) is 6.04 Å². The Morgan fingerprint density at radius 1 is 1.08 bits per heavy atom. The molecule has 1 aromatic carbocycles. The number of carbonyl (C=O) groups excluding carboxylic acids is 2. The fraction of sp³-hybridized carbons (Fsp3) is 0.519. The molecule has 1 unspecified atom stereocenters. The zero-order valence-corrected chi connectivity index (χ0v) is 22.0. The topological polar surface area (TPSA) is 93.2 Å². The van der Waals surface area contributed by atoms with Crippen LogP contribution in [0.1, 0.15) is 49.2 Å². The SMILES string of the molecule is COc1ccc(C(=O)N(CCCN2CCOCC2)C(C(=O)NC(C)(C)C)c2ccncc2)cc1OC. The molecule has 196 valence electrons. The van der Waals surface area contributed by atoms with Crippen LogP contribution >= 0.6 is 0 Å². The minimum absolute atomic E-state index is 0.242. The first-order valence-corrected chi connectivity index (χ1v) is 12.3. The van der Waals surface area contributed by atoms with Crippen molar-refractivity contribution in [3.63, 3.8) is 0 Å². The monoisotopic (exact) mass is 498 g/mol. The lowest BCUT2D eigenvalue weighted by Crippen LogP contribution is -2.50. The van der Waals surface area contributed by atoms with Crippen LogP contribution in [0.5, 0.6) is 11.5 Å². The van der Waals surface area contributed by atoms with Gasteiger partial charge in [-0.3, -0.25) is 19.5 Å². The maximum atomic E-state index is 14.0. The fourth-order valence-electron chi connectivity index (χ4n) is 4.23. The molecular formula is C27H38N4O5. The van der Waals surface area contributed by atoms with Crippen molar-refractivity contribution in [3.8, 4) is 11.5 Å². The van der Waals surface area contributed by atoms with Gasteiger partial charge in [0.25, 0.3) is 5.91 Å². The molecule has 2 heterocycles. The quantitative estimate of drug-likeness (QED) is 0.538. The second kappa shape index (κ2) is 12.7. The molecule has 1 saturated heterocycles. The Hall–Kier alpha value is -3.17. The third kappa shape index (κ3) is 7.41. The summed E-state index contributed by atoms with van der Waals surface area (Å²) in [4.78, 5) is 35.7.